The predicted molar refractivity (Wildman–Crippen MR) is 70.4 cm³/mol. The molecule has 0 aliphatic carbocycles. The van der Waals surface area contributed by atoms with Crippen LogP contribution in [0, 0.1) is 0 Å². The minimum Gasteiger partial charge on any atom is -0.394 e. The Morgan fingerprint density at radius 1 is 1.41 bits per heavy atom. The number of hydrogen-bond acceptors (Lipinski definition) is 4. The van der Waals surface area contributed by atoms with Gasteiger partial charge < -0.3 is 10.4 Å². The van der Waals surface area contributed by atoms with Gasteiger partial charge in [0.25, 0.3) is 0 Å². The molecule has 4 heteroatoms. The highest BCUT2D eigenvalue weighted by Crippen LogP contribution is 2.28. The zero-order valence-electron chi connectivity index (χ0n) is 9.65. The van der Waals surface area contributed by atoms with Crippen molar-refractivity contribution in [3.63, 3.8) is 0 Å². The van der Waals surface area contributed by atoms with Crippen LogP contribution in [0.1, 0.15) is 17.8 Å². The quantitative estimate of drug-likeness (QED) is 0.872. The third kappa shape index (κ3) is 2.08. The maximum absolute atomic E-state index is 9.57. The number of hydrogen-bond donors (Lipinski definition) is 2. The van der Waals surface area contributed by atoms with Gasteiger partial charge >= 0.3 is 0 Å². The summed E-state index contributed by atoms with van der Waals surface area (Å²) in [5, 5.41) is 14.1. The van der Waals surface area contributed by atoms with E-state index in [9.17, 15) is 5.11 Å². The molecule has 0 spiro atoms. The molecule has 0 radical (unpaired) electrons. The summed E-state index contributed by atoms with van der Waals surface area (Å²) in [4.78, 5) is 4.64. The molecule has 0 bridgehead atoms. The number of fused-ring (bicyclic) bond motifs is 1. The number of thiazole rings is 1. The van der Waals surface area contributed by atoms with Gasteiger partial charge in [-0.15, -0.1) is 11.3 Å². The molecule has 3 nitrogen and oxygen atoms in total. The normalized spacial score (nSPS) is 24.5. The van der Waals surface area contributed by atoms with E-state index in [0.717, 1.165) is 36.3 Å². The van der Waals surface area contributed by atoms with Gasteiger partial charge in [0.15, 0.2) is 0 Å². The second-order valence-corrected chi connectivity index (χ2v) is 5.84. The first-order valence-electron chi connectivity index (χ1n) is 6.02. The summed E-state index contributed by atoms with van der Waals surface area (Å²) >= 11 is 1.74. The highest BCUT2D eigenvalue weighted by Gasteiger charge is 2.33. The SMILES string of the molecule is OCC1(Cc2nc3ccccc3s2)CCCN1. The van der Waals surface area contributed by atoms with Crippen LogP contribution in [-0.4, -0.2) is 28.8 Å². The van der Waals surface area contributed by atoms with E-state index >= 15 is 0 Å². The molecule has 1 aliphatic heterocycles. The van der Waals surface area contributed by atoms with Crippen LogP contribution in [0.3, 0.4) is 0 Å². The van der Waals surface area contributed by atoms with Gasteiger partial charge in [0.2, 0.25) is 0 Å². The zero-order valence-corrected chi connectivity index (χ0v) is 10.5. The zero-order chi connectivity index (χ0) is 11.7. The Balaban J connectivity index is 1.89. The van der Waals surface area contributed by atoms with Crippen molar-refractivity contribution in [2.75, 3.05) is 13.2 Å². The maximum Gasteiger partial charge on any atom is 0.0957 e. The van der Waals surface area contributed by atoms with E-state index in [-0.39, 0.29) is 12.1 Å². The van der Waals surface area contributed by atoms with Gasteiger partial charge in [0.05, 0.1) is 21.8 Å². The molecule has 1 aliphatic rings. The number of nitrogens with zero attached hydrogens (tertiary/aromatic N) is 1. The highest BCUT2D eigenvalue weighted by molar-refractivity contribution is 7.18. The molecule has 1 atom stereocenters. The molecule has 1 saturated heterocycles. The summed E-state index contributed by atoms with van der Waals surface area (Å²) in [6.45, 7) is 1.20. The number of rotatable bonds is 3. The fourth-order valence-electron chi connectivity index (χ4n) is 2.50. The van der Waals surface area contributed by atoms with E-state index in [1.807, 2.05) is 18.2 Å². The van der Waals surface area contributed by atoms with Crippen LogP contribution in [0.25, 0.3) is 10.2 Å². The molecule has 0 amide bonds. The van der Waals surface area contributed by atoms with Gasteiger partial charge in [0, 0.05) is 12.0 Å². The minimum absolute atomic E-state index is 0.131. The summed E-state index contributed by atoms with van der Waals surface area (Å²) in [7, 11) is 0. The molecule has 2 aromatic rings. The average Bonchev–Trinajstić information content (AvgIpc) is 2.95. The van der Waals surface area contributed by atoms with Gasteiger partial charge in [-0.05, 0) is 31.5 Å². The van der Waals surface area contributed by atoms with Crippen molar-refractivity contribution in [1.29, 1.82) is 0 Å². The molecule has 0 saturated carbocycles. The topological polar surface area (TPSA) is 45.2 Å². The summed E-state index contributed by atoms with van der Waals surface area (Å²) < 4.78 is 1.23. The summed E-state index contributed by atoms with van der Waals surface area (Å²) in [5.41, 5.74) is 0.937. The first-order chi connectivity index (χ1) is 8.31. The van der Waals surface area contributed by atoms with Crippen LogP contribution in [0.5, 0.6) is 0 Å². The van der Waals surface area contributed by atoms with Crippen LogP contribution in [0.2, 0.25) is 0 Å². The molecule has 1 unspecified atom stereocenters. The lowest BCUT2D eigenvalue weighted by atomic mass is 9.95. The Morgan fingerprint density at radius 2 is 2.29 bits per heavy atom. The number of aliphatic hydroxyl groups excluding tert-OH is 1. The summed E-state index contributed by atoms with van der Waals surface area (Å²) in [6, 6.07) is 8.20. The lowest BCUT2D eigenvalue weighted by Crippen LogP contribution is -2.45. The lowest BCUT2D eigenvalue weighted by molar-refractivity contribution is 0.177. The van der Waals surface area contributed by atoms with Gasteiger partial charge in [-0.2, -0.15) is 0 Å². The van der Waals surface area contributed by atoms with Crippen molar-refractivity contribution in [1.82, 2.24) is 10.3 Å². The molecule has 1 aromatic heterocycles. The van der Waals surface area contributed by atoms with Crippen molar-refractivity contribution in [2.24, 2.45) is 0 Å². The van der Waals surface area contributed by atoms with E-state index in [0.29, 0.717) is 0 Å². The van der Waals surface area contributed by atoms with Crippen LogP contribution in [0.4, 0.5) is 0 Å². The molecule has 17 heavy (non-hydrogen) atoms. The molecule has 90 valence electrons. The maximum atomic E-state index is 9.57. The molecule has 3 rings (SSSR count). The molecule has 2 N–H and O–H groups in total. The van der Waals surface area contributed by atoms with Crippen LogP contribution in [-0.2, 0) is 6.42 Å². The first-order valence-corrected chi connectivity index (χ1v) is 6.83. The summed E-state index contributed by atoms with van der Waals surface area (Å²) in [6.07, 6.45) is 3.02. The number of para-hydroxylation sites is 1. The molecular weight excluding hydrogens is 232 g/mol. The number of aliphatic hydroxyl groups is 1. The highest BCUT2D eigenvalue weighted by atomic mass is 32.1. The Hall–Kier alpha value is -0.970. The largest absolute Gasteiger partial charge is 0.394 e. The van der Waals surface area contributed by atoms with E-state index < -0.39 is 0 Å². The number of benzene rings is 1. The van der Waals surface area contributed by atoms with E-state index in [1.54, 1.807) is 11.3 Å². The Labute approximate surface area is 105 Å². The van der Waals surface area contributed by atoms with Gasteiger partial charge in [-0.1, -0.05) is 12.1 Å². The average molecular weight is 248 g/mol. The van der Waals surface area contributed by atoms with Crippen LogP contribution in [0.15, 0.2) is 24.3 Å². The second kappa shape index (κ2) is 4.37. The van der Waals surface area contributed by atoms with Crippen LogP contribution < -0.4 is 5.32 Å². The van der Waals surface area contributed by atoms with Crippen molar-refractivity contribution in [3.8, 4) is 0 Å². The third-order valence-corrected chi connectivity index (χ3v) is 4.50. The summed E-state index contributed by atoms with van der Waals surface area (Å²) in [5.74, 6) is 0. The van der Waals surface area contributed by atoms with Crippen molar-refractivity contribution < 1.29 is 5.11 Å². The Kier molecular flexibility index (Phi) is 2.86. The van der Waals surface area contributed by atoms with E-state index in [4.69, 9.17) is 0 Å². The Morgan fingerprint density at radius 3 is 3.00 bits per heavy atom. The van der Waals surface area contributed by atoms with Crippen LogP contribution >= 0.6 is 11.3 Å². The van der Waals surface area contributed by atoms with Gasteiger partial charge in [0.1, 0.15) is 0 Å². The second-order valence-electron chi connectivity index (χ2n) is 4.72. The van der Waals surface area contributed by atoms with E-state index in [2.05, 4.69) is 16.4 Å². The first kappa shape index (κ1) is 11.1. The standard InChI is InChI=1S/C13H16N2OS/c16-9-13(6-3-7-14-13)8-12-15-10-4-1-2-5-11(10)17-12/h1-2,4-5,14,16H,3,6-9H2. The minimum atomic E-state index is -0.131. The predicted octanol–water partition coefficient (Wildman–Crippen LogP) is 1.95. The third-order valence-electron chi connectivity index (χ3n) is 3.46. The molecule has 1 aromatic carbocycles. The smallest absolute Gasteiger partial charge is 0.0957 e. The molecule has 1 fully saturated rings. The monoisotopic (exact) mass is 248 g/mol. The molecular formula is C13H16N2OS. The number of aromatic nitrogens is 1. The fourth-order valence-corrected chi connectivity index (χ4v) is 3.61. The fraction of sp³-hybridized carbons (Fsp3) is 0.462. The number of nitrogens with one attached hydrogen (secondary N) is 1. The molecule has 2 heterocycles. The Bertz CT molecular complexity index is 484. The van der Waals surface area contributed by atoms with Crippen molar-refractivity contribution in [3.05, 3.63) is 29.3 Å². The van der Waals surface area contributed by atoms with Crippen molar-refractivity contribution >= 4 is 21.6 Å². The van der Waals surface area contributed by atoms with Gasteiger partial charge in [-0.3, -0.25) is 0 Å². The lowest BCUT2D eigenvalue weighted by Gasteiger charge is -2.25. The van der Waals surface area contributed by atoms with Crippen molar-refractivity contribution in [2.45, 2.75) is 24.8 Å². The van der Waals surface area contributed by atoms with E-state index in [1.165, 1.54) is 4.70 Å². The van der Waals surface area contributed by atoms with Gasteiger partial charge in [-0.25, -0.2) is 4.98 Å².